The number of halogens is 1. The molecule has 1 aliphatic carbocycles. The average Bonchev–Trinajstić information content (AvgIpc) is 2.87. The second kappa shape index (κ2) is 11.9. The molecular weight excluding hydrogens is 451 g/mol. The van der Waals surface area contributed by atoms with Crippen LogP contribution in [0.4, 0.5) is 0 Å². The predicted molar refractivity (Wildman–Crippen MR) is 125 cm³/mol. The topological polar surface area (TPSA) is 57.5 Å². The summed E-state index contributed by atoms with van der Waals surface area (Å²) in [6.07, 6.45) is 7.84. The molecule has 2 N–H and O–H groups in total. The van der Waals surface area contributed by atoms with Crippen LogP contribution < -0.4 is 10.6 Å². The Kier molecular flexibility index (Phi) is 10.7. The number of nitrogens with zero attached hydrogens (tertiary/aromatic N) is 4. The van der Waals surface area contributed by atoms with Crippen molar-refractivity contribution in [3.63, 3.8) is 0 Å². The fraction of sp³-hybridized carbons (Fsp3) is 0.800. The van der Waals surface area contributed by atoms with Gasteiger partial charge in [-0.1, -0.05) is 19.3 Å². The van der Waals surface area contributed by atoms with Crippen LogP contribution >= 0.6 is 24.0 Å². The summed E-state index contributed by atoms with van der Waals surface area (Å²) in [5.74, 6) is 0.883. The molecule has 7 heteroatoms. The summed E-state index contributed by atoms with van der Waals surface area (Å²) in [4.78, 5) is 6.89. The molecule has 1 heterocycles. The zero-order chi connectivity index (χ0) is 19.1. The van der Waals surface area contributed by atoms with E-state index < -0.39 is 0 Å². The standard InChI is InChI=1S/C20H38N6.HI/c1-15(14-19-16(2)24-26(6)17(19)3)23-20(21-4)22-12-13-25(5)18-10-8-7-9-11-18;/h15,18H,7-14H2,1-6H3,(H2,21,22,23);1H. The molecule has 1 atom stereocenters. The number of aromatic nitrogens is 2. The van der Waals surface area contributed by atoms with Gasteiger partial charge in [0.1, 0.15) is 0 Å². The Morgan fingerprint density at radius 1 is 1.30 bits per heavy atom. The lowest BCUT2D eigenvalue weighted by molar-refractivity contribution is 0.194. The van der Waals surface area contributed by atoms with Crippen molar-refractivity contribution in [2.45, 2.75) is 71.4 Å². The number of aliphatic imine (C=N–C) groups is 1. The van der Waals surface area contributed by atoms with Gasteiger partial charge in [-0.2, -0.15) is 5.10 Å². The van der Waals surface area contributed by atoms with Gasteiger partial charge in [-0.25, -0.2) is 0 Å². The van der Waals surface area contributed by atoms with Gasteiger partial charge in [0.15, 0.2) is 5.96 Å². The zero-order valence-electron chi connectivity index (χ0n) is 18.0. The van der Waals surface area contributed by atoms with E-state index in [1.807, 2.05) is 18.8 Å². The van der Waals surface area contributed by atoms with Crippen molar-refractivity contribution >= 4 is 29.9 Å². The third-order valence-corrected chi connectivity index (χ3v) is 5.73. The number of likely N-dealkylation sites (N-methyl/N-ethyl adjacent to an activating group) is 1. The van der Waals surface area contributed by atoms with E-state index in [0.717, 1.165) is 37.2 Å². The van der Waals surface area contributed by atoms with Crippen molar-refractivity contribution in [2.24, 2.45) is 12.0 Å². The van der Waals surface area contributed by atoms with E-state index in [1.54, 1.807) is 0 Å². The Bertz CT molecular complexity index is 592. The van der Waals surface area contributed by atoms with Gasteiger partial charge in [0.05, 0.1) is 5.69 Å². The van der Waals surface area contributed by atoms with Gasteiger partial charge in [-0.3, -0.25) is 9.67 Å². The summed E-state index contributed by atoms with van der Waals surface area (Å²) in [5, 5.41) is 11.5. The molecule has 1 unspecified atom stereocenters. The van der Waals surface area contributed by atoms with Crippen LogP contribution in [0.3, 0.4) is 0 Å². The molecule has 156 valence electrons. The lowest BCUT2D eigenvalue weighted by Gasteiger charge is -2.31. The van der Waals surface area contributed by atoms with Gasteiger partial charge in [0.2, 0.25) is 0 Å². The third-order valence-electron chi connectivity index (χ3n) is 5.73. The average molecular weight is 490 g/mol. The molecule has 0 aromatic carbocycles. The van der Waals surface area contributed by atoms with Gasteiger partial charge in [0, 0.05) is 45.0 Å². The molecule has 0 radical (unpaired) electrons. The third kappa shape index (κ3) is 7.25. The SMILES string of the molecule is CN=C(NCCN(C)C1CCCCC1)NC(C)Cc1c(C)nn(C)c1C.I. The lowest BCUT2D eigenvalue weighted by Crippen LogP contribution is -2.46. The van der Waals surface area contributed by atoms with E-state index in [4.69, 9.17) is 0 Å². The van der Waals surface area contributed by atoms with E-state index in [0.29, 0.717) is 6.04 Å². The second-order valence-corrected chi connectivity index (χ2v) is 7.79. The number of guanidine groups is 1. The van der Waals surface area contributed by atoms with E-state index >= 15 is 0 Å². The van der Waals surface area contributed by atoms with Gasteiger partial charge < -0.3 is 15.5 Å². The number of nitrogens with one attached hydrogen (secondary N) is 2. The Morgan fingerprint density at radius 3 is 2.52 bits per heavy atom. The molecular formula is C20H39IN6. The van der Waals surface area contributed by atoms with Crippen LogP contribution in [-0.2, 0) is 13.5 Å². The maximum absolute atomic E-state index is 4.51. The smallest absolute Gasteiger partial charge is 0.191 e. The van der Waals surface area contributed by atoms with Crippen LogP contribution in [0.15, 0.2) is 4.99 Å². The number of hydrogen-bond acceptors (Lipinski definition) is 3. The van der Waals surface area contributed by atoms with Gasteiger partial charge in [0.25, 0.3) is 0 Å². The Hall–Kier alpha value is -0.830. The first-order valence-corrected chi connectivity index (χ1v) is 10.1. The van der Waals surface area contributed by atoms with Crippen molar-refractivity contribution in [3.05, 3.63) is 17.0 Å². The molecule has 1 aliphatic rings. The van der Waals surface area contributed by atoms with Crippen molar-refractivity contribution in [3.8, 4) is 0 Å². The largest absolute Gasteiger partial charge is 0.355 e. The van der Waals surface area contributed by atoms with Crippen LogP contribution in [0.1, 0.15) is 56.0 Å². The summed E-state index contributed by atoms with van der Waals surface area (Å²) >= 11 is 0. The molecule has 0 amide bonds. The van der Waals surface area contributed by atoms with Crippen molar-refractivity contribution in [2.75, 3.05) is 27.2 Å². The first-order valence-electron chi connectivity index (χ1n) is 10.1. The van der Waals surface area contributed by atoms with Gasteiger partial charge >= 0.3 is 0 Å². The number of hydrogen-bond donors (Lipinski definition) is 2. The van der Waals surface area contributed by atoms with Crippen LogP contribution in [0.2, 0.25) is 0 Å². The molecule has 2 rings (SSSR count). The highest BCUT2D eigenvalue weighted by Crippen LogP contribution is 2.21. The summed E-state index contributed by atoms with van der Waals surface area (Å²) in [7, 11) is 6.10. The molecule has 1 aromatic rings. The highest BCUT2D eigenvalue weighted by molar-refractivity contribution is 14.0. The first-order chi connectivity index (χ1) is 12.4. The number of aryl methyl sites for hydroxylation is 2. The van der Waals surface area contributed by atoms with Crippen LogP contribution in [0, 0.1) is 13.8 Å². The Labute approximate surface area is 182 Å². The van der Waals surface area contributed by atoms with Crippen LogP contribution in [0.25, 0.3) is 0 Å². The molecule has 27 heavy (non-hydrogen) atoms. The highest BCUT2D eigenvalue weighted by Gasteiger charge is 2.18. The molecule has 1 aromatic heterocycles. The molecule has 1 fully saturated rings. The van der Waals surface area contributed by atoms with Gasteiger partial charge in [-0.05, 0) is 52.6 Å². The van der Waals surface area contributed by atoms with Crippen molar-refractivity contribution < 1.29 is 0 Å². The lowest BCUT2D eigenvalue weighted by atomic mass is 9.94. The van der Waals surface area contributed by atoms with Gasteiger partial charge in [-0.15, -0.1) is 24.0 Å². The Balaban J connectivity index is 0.00000364. The van der Waals surface area contributed by atoms with E-state index in [1.165, 1.54) is 43.4 Å². The predicted octanol–water partition coefficient (Wildman–Crippen LogP) is 3.02. The molecule has 0 saturated heterocycles. The zero-order valence-corrected chi connectivity index (χ0v) is 20.3. The van der Waals surface area contributed by atoms with Crippen molar-refractivity contribution in [1.29, 1.82) is 0 Å². The monoisotopic (exact) mass is 490 g/mol. The van der Waals surface area contributed by atoms with Crippen LogP contribution in [0.5, 0.6) is 0 Å². The summed E-state index contributed by atoms with van der Waals surface area (Å²) in [6.45, 7) is 8.40. The molecule has 6 nitrogen and oxygen atoms in total. The second-order valence-electron chi connectivity index (χ2n) is 7.79. The maximum atomic E-state index is 4.51. The molecule has 1 saturated carbocycles. The summed E-state index contributed by atoms with van der Waals surface area (Å²) in [5.41, 5.74) is 3.70. The van der Waals surface area contributed by atoms with Crippen LogP contribution in [-0.4, -0.2) is 59.9 Å². The van der Waals surface area contributed by atoms with E-state index in [-0.39, 0.29) is 24.0 Å². The molecule has 0 bridgehead atoms. The minimum Gasteiger partial charge on any atom is -0.355 e. The quantitative estimate of drug-likeness (QED) is 0.351. The van der Waals surface area contributed by atoms with E-state index in [9.17, 15) is 0 Å². The molecule has 0 spiro atoms. The fourth-order valence-corrected chi connectivity index (χ4v) is 3.95. The van der Waals surface area contributed by atoms with E-state index in [2.05, 4.69) is 53.4 Å². The number of rotatable bonds is 7. The minimum absolute atomic E-state index is 0. The highest BCUT2D eigenvalue weighted by atomic mass is 127. The fourth-order valence-electron chi connectivity index (χ4n) is 3.95. The first kappa shape index (κ1) is 24.2. The Morgan fingerprint density at radius 2 is 1.96 bits per heavy atom. The summed E-state index contributed by atoms with van der Waals surface area (Å²) in [6, 6.07) is 1.06. The maximum Gasteiger partial charge on any atom is 0.191 e. The summed E-state index contributed by atoms with van der Waals surface area (Å²) < 4.78 is 1.96. The normalized spacial score (nSPS) is 16.9. The minimum atomic E-state index is 0. The molecule has 0 aliphatic heterocycles. The van der Waals surface area contributed by atoms with Crippen molar-refractivity contribution in [1.82, 2.24) is 25.3 Å².